The predicted octanol–water partition coefficient (Wildman–Crippen LogP) is -0.212. The Kier molecular flexibility index (Phi) is 4.83. The topological polar surface area (TPSA) is 116 Å². The molecule has 7 heteroatoms. The largest absolute Gasteiger partial charge is 0.393 e. The molecule has 7 nitrogen and oxygen atoms in total. The summed E-state index contributed by atoms with van der Waals surface area (Å²) in [5.41, 5.74) is 2.09. The lowest BCUT2D eigenvalue weighted by Crippen LogP contribution is -2.37. The average molecular weight is 255 g/mol. The lowest BCUT2D eigenvalue weighted by Gasteiger charge is -2.22. The van der Waals surface area contributed by atoms with Crippen molar-refractivity contribution in [3.8, 4) is 0 Å². The zero-order chi connectivity index (χ0) is 13.8. The van der Waals surface area contributed by atoms with Crippen LogP contribution in [-0.2, 0) is 6.42 Å². The van der Waals surface area contributed by atoms with Crippen molar-refractivity contribution in [3.63, 3.8) is 0 Å². The fraction of sp³-hybridized carbons (Fsp3) is 0.636. The fourth-order valence-electron chi connectivity index (χ4n) is 1.36. The van der Waals surface area contributed by atoms with Crippen molar-refractivity contribution in [2.45, 2.75) is 32.8 Å². The van der Waals surface area contributed by atoms with Crippen LogP contribution in [0.15, 0.2) is 0 Å². The van der Waals surface area contributed by atoms with Crippen LogP contribution in [0.4, 0.5) is 11.6 Å². The number of rotatable bonds is 6. The number of aliphatic hydroxyl groups excluding tert-OH is 1. The van der Waals surface area contributed by atoms with Crippen molar-refractivity contribution < 1.29 is 10.2 Å². The number of aliphatic hydroxyl groups is 2. The molecule has 1 aromatic rings. The van der Waals surface area contributed by atoms with E-state index in [2.05, 4.69) is 20.7 Å². The van der Waals surface area contributed by atoms with Gasteiger partial charge in [-0.05, 0) is 13.8 Å². The Morgan fingerprint density at radius 3 is 2.44 bits per heavy atom. The number of nitrogens with two attached hydrogens (primary N) is 1. The van der Waals surface area contributed by atoms with Gasteiger partial charge in [-0.3, -0.25) is 0 Å². The van der Waals surface area contributed by atoms with Crippen LogP contribution in [0.5, 0.6) is 0 Å². The molecule has 0 aliphatic heterocycles. The number of hydrogen-bond acceptors (Lipinski definition) is 7. The molecule has 0 bridgehead atoms. The molecule has 1 aromatic heterocycles. The van der Waals surface area contributed by atoms with Crippen molar-refractivity contribution in [3.05, 3.63) is 11.4 Å². The van der Waals surface area contributed by atoms with Crippen LogP contribution < -0.4 is 16.6 Å². The maximum absolute atomic E-state index is 9.73. The number of nitrogens with zero attached hydrogens (tertiary/aromatic N) is 2. The fourth-order valence-corrected chi connectivity index (χ4v) is 1.36. The second-order valence-electron chi connectivity index (χ2n) is 4.47. The highest BCUT2D eigenvalue weighted by atomic mass is 16.3. The molecule has 0 amide bonds. The van der Waals surface area contributed by atoms with Crippen LogP contribution in [0.25, 0.3) is 0 Å². The van der Waals surface area contributed by atoms with E-state index < -0.39 is 5.60 Å². The van der Waals surface area contributed by atoms with Gasteiger partial charge in [0.25, 0.3) is 0 Å². The van der Waals surface area contributed by atoms with Gasteiger partial charge >= 0.3 is 0 Å². The summed E-state index contributed by atoms with van der Waals surface area (Å²) >= 11 is 0. The van der Waals surface area contributed by atoms with Crippen molar-refractivity contribution in [1.29, 1.82) is 0 Å². The first-order chi connectivity index (χ1) is 8.43. The molecule has 18 heavy (non-hydrogen) atoms. The molecule has 6 N–H and O–H groups in total. The third-order valence-electron chi connectivity index (χ3n) is 2.62. The molecule has 1 unspecified atom stereocenters. The van der Waals surface area contributed by atoms with Crippen LogP contribution in [0.1, 0.15) is 25.2 Å². The van der Waals surface area contributed by atoms with Crippen LogP contribution in [-0.4, -0.2) is 38.9 Å². The second-order valence-corrected chi connectivity index (χ2v) is 4.47. The molecule has 0 saturated heterocycles. The molecular weight excluding hydrogens is 234 g/mol. The molecule has 0 saturated carbocycles. The molecule has 0 spiro atoms. The summed E-state index contributed by atoms with van der Waals surface area (Å²) in [6.45, 7) is 5.17. The van der Waals surface area contributed by atoms with Gasteiger partial charge < -0.3 is 21.0 Å². The summed E-state index contributed by atoms with van der Waals surface area (Å²) in [6, 6.07) is 0. The monoisotopic (exact) mass is 255 g/mol. The van der Waals surface area contributed by atoms with Gasteiger partial charge in [0.15, 0.2) is 0 Å². The summed E-state index contributed by atoms with van der Waals surface area (Å²) in [4.78, 5) is 8.56. The Hall–Kier alpha value is -1.44. The summed E-state index contributed by atoms with van der Waals surface area (Å²) in [6.07, 6.45) is 0.681. The van der Waals surface area contributed by atoms with E-state index in [9.17, 15) is 5.11 Å². The number of aryl methyl sites for hydroxylation is 1. The van der Waals surface area contributed by atoms with Gasteiger partial charge in [0, 0.05) is 18.5 Å². The first-order valence-electron chi connectivity index (χ1n) is 5.84. The van der Waals surface area contributed by atoms with E-state index in [0.717, 1.165) is 5.56 Å². The first kappa shape index (κ1) is 14.6. The first-order valence-corrected chi connectivity index (χ1v) is 5.84. The number of aromatic nitrogens is 2. The van der Waals surface area contributed by atoms with E-state index in [1.54, 1.807) is 6.92 Å². The second kappa shape index (κ2) is 5.94. The number of hydrazine groups is 1. The lowest BCUT2D eigenvalue weighted by molar-refractivity contribution is 0.0131. The highest BCUT2D eigenvalue weighted by Gasteiger charge is 2.20. The molecule has 1 atom stereocenters. The average Bonchev–Trinajstić information content (AvgIpc) is 2.37. The highest BCUT2D eigenvalue weighted by Crippen LogP contribution is 2.20. The Balaban J connectivity index is 2.94. The number of hydrogen-bond donors (Lipinski definition) is 5. The van der Waals surface area contributed by atoms with Crippen molar-refractivity contribution in [2.24, 2.45) is 5.84 Å². The summed E-state index contributed by atoms with van der Waals surface area (Å²) in [5.74, 6) is 7.20. The van der Waals surface area contributed by atoms with Crippen molar-refractivity contribution in [2.75, 3.05) is 23.9 Å². The van der Waals surface area contributed by atoms with E-state index in [4.69, 9.17) is 10.9 Å². The minimum absolute atomic E-state index is 0.189. The van der Waals surface area contributed by atoms with Gasteiger partial charge in [0.05, 0.1) is 6.61 Å². The molecule has 0 aliphatic carbocycles. The normalized spacial score (nSPS) is 14.1. The molecule has 0 radical (unpaired) electrons. The van der Waals surface area contributed by atoms with E-state index in [1.807, 2.05) is 13.8 Å². The number of anilines is 2. The maximum atomic E-state index is 9.73. The zero-order valence-corrected chi connectivity index (χ0v) is 11.0. The van der Waals surface area contributed by atoms with Gasteiger partial charge in [-0.15, -0.1) is 0 Å². The molecule has 0 fully saturated rings. The molecule has 1 heterocycles. The molecule has 0 aromatic carbocycles. The van der Waals surface area contributed by atoms with E-state index in [-0.39, 0.29) is 13.2 Å². The highest BCUT2D eigenvalue weighted by molar-refractivity contribution is 5.56. The van der Waals surface area contributed by atoms with E-state index >= 15 is 0 Å². The Bertz CT molecular complexity index is 409. The zero-order valence-electron chi connectivity index (χ0n) is 11.0. The minimum Gasteiger partial charge on any atom is -0.393 e. The van der Waals surface area contributed by atoms with Crippen LogP contribution in [0.2, 0.25) is 0 Å². The van der Waals surface area contributed by atoms with Gasteiger partial charge in [-0.25, -0.2) is 15.8 Å². The molecule has 102 valence electrons. The van der Waals surface area contributed by atoms with Crippen LogP contribution >= 0.6 is 0 Å². The predicted molar refractivity (Wildman–Crippen MR) is 70.2 cm³/mol. The Morgan fingerprint density at radius 1 is 1.33 bits per heavy atom. The lowest BCUT2D eigenvalue weighted by atomic mass is 10.1. The SMILES string of the molecule is CCc1nc(NN)c(C)c(NCC(C)(O)CO)n1. The van der Waals surface area contributed by atoms with Crippen LogP contribution in [0, 0.1) is 6.92 Å². The molecular formula is C11H21N5O2. The Morgan fingerprint density at radius 2 is 1.94 bits per heavy atom. The standard InChI is InChI=1S/C11H21N5O2/c1-4-8-14-9(7(2)10(15-8)16-12)13-5-11(3,18)6-17/h17-18H,4-6,12H2,1-3H3,(H2,13,14,15,16). The molecule has 0 aliphatic rings. The van der Waals surface area contributed by atoms with E-state index in [1.165, 1.54) is 0 Å². The van der Waals surface area contributed by atoms with Gasteiger partial charge in [0.2, 0.25) is 0 Å². The quantitative estimate of drug-likeness (QED) is 0.353. The third-order valence-corrected chi connectivity index (χ3v) is 2.62. The van der Waals surface area contributed by atoms with E-state index in [0.29, 0.717) is 23.9 Å². The molecule has 1 rings (SSSR count). The third kappa shape index (κ3) is 3.52. The smallest absolute Gasteiger partial charge is 0.148 e. The summed E-state index contributed by atoms with van der Waals surface area (Å²) in [7, 11) is 0. The Labute approximate surface area is 106 Å². The van der Waals surface area contributed by atoms with Gasteiger partial charge in [0.1, 0.15) is 23.1 Å². The summed E-state index contributed by atoms with van der Waals surface area (Å²) in [5, 5.41) is 21.7. The van der Waals surface area contributed by atoms with Crippen molar-refractivity contribution in [1.82, 2.24) is 9.97 Å². The van der Waals surface area contributed by atoms with Crippen LogP contribution in [0.3, 0.4) is 0 Å². The van der Waals surface area contributed by atoms with Crippen molar-refractivity contribution >= 4 is 11.6 Å². The minimum atomic E-state index is -1.19. The number of nitrogens with one attached hydrogen (secondary N) is 2. The van der Waals surface area contributed by atoms with Gasteiger partial charge in [-0.2, -0.15) is 0 Å². The maximum Gasteiger partial charge on any atom is 0.148 e. The van der Waals surface area contributed by atoms with Gasteiger partial charge in [-0.1, -0.05) is 6.92 Å². The number of nitrogen functional groups attached to an aromatic ring is 1. The summed E-state index contributed by atoms with van der Waals surface area (Å²) < 4.78 is 0.